The Morgan fingerprint density at radius 1 is 0.533 bits per heavy atom. The summed E-state index contributed by atoms with van der Waals surface area (Å²) in [4.78, 5) is 69.5. The second kappa shape index (κ2) is 24.0. The average molecular weight is 851 g/mol. The van der Waals surface area contributed by atoms with E-state index in [1.54, 1.807) is 20.8 Å². The molecule has 20 nitrogen and oxygen atoms in total. The number of carbonyl (C=O) groups is 5. The van der Waals surface area contributed by atoms with E-state index in [1.165, 1.54) is 27.7 Å². The Bertz CT molecular complexity index is 1790. The van der Waals surface area contributed by atoms with Gasteiger partial charge in [-0.3, -0.25) is 24.0 Å². The molecular formula is C40H62N6O14. The fraction of sp³-hybridized carbons (Fsp3) is 0.575. The number of aliphatic hydroxyl groups excluding tert-OH is 9. The van der Waals surface area contributed by atoms with Crippen LogP contribution in [0.1, 0.15) is 76.9 Å². The van der Waals surface area contributed by atoms with Crippen LogP contribution in [-0.4, -0.2) is 172 Å². The van der Waals surface area contributed by atoms with Crippen molar-refractivity contribution >= 4 is 41.4 Å². The standard InChI is InChI=1S/C40H62N6O14/c1-20-32(12-41-8-27(53)15-47)21(2)36(23(4)33(20)38(58)42-9-28(54)16-48)45(19-51)13-31(57)14-46(26(7)52)37-24(5)34(39(59)43-10-29(55)17-49)22(3)35(25(37)6)40(60)44-11-30(56)18-50/h19,27-31,41,47-50,53-57H,8-18H2,1-7H3,(H,42,58)(H,43,59)(H,44,60). The molecule has 2 rings (SSSR count). The van der Waals surface area contributed by atoms with E-state index in [4.69, 9.17) is 0 Å². The van der Waals surface area contributed by atoms with Crippen molar-refractivity contribution in [3.05, 3.63) is 55.6 Å². The van der Waals surface area contributed by atoms with Gasteiger partial charge in [-0.15, -0.1) is 0 Å². The molecule has 5 amide bonds. The van der Waals surface area contributed by atoms with Gasteiger partial charge in [0, 0.05) is 56.3 Å². The molecule has 336 valence electrons. The van der Waals surface area contributed by atoms with Gasteiger partial charge in [-0.05, 0) is 80.5 Å². The molecule has 0 fully saturated rings. The molecule has 0 saturated heterocycles. The maximum Gasteiger partial charge on any atom is 0.252 e. The van der Waals surface area contributed by atoms with E-state index in [0.717, 1.165) is 9.80 Å². The summed E-state index contributed by atoms with van der Waals surface area (Å²) < 4.78 is 0. The first-order valence-electron chi connectivity index (χ1n) is 19.4. The minimum absolute atomic E-state index is 0.0143. The predicted octanol–water partition coefficient (Wildman–Crippen LogP) is -3.39. The minimum atomic E-state index is -1.51. The van der Waals surface area contributed by atoms with E-state index in [1.807, 2.05) is 0 Å². The number of hydrogen-bond acceptors (Lipinski definition) is 15. The molecule has 0 aliphatic rings. The lowest BCUT2D eigenvalue weighted by atomic mass is 9.89. The van der Waals surface area contributed by atoms with E-state index < -0.39 is 93.7 Å². The summed E-state index contributed by atoms with van der Waals surface area (Å²) >= 11 is 0. The number of aliphatic hydroxyl groups is 9. The normalized spacial score (nSPS) is 13.8. The first-order valence-corrected chi connectivity index (χ1v) is 19.4. The van der Waals surface area contributed by atoms with Crippen molar-refractivity contribution < 1.29 is 69.9 Å². The van der Waals surface area contributed by atoms with Crippen LogP contribution in [0.15, 0.2) is 0 Å². The maximum atomic E-state index is 13.6. The third kappa shape index (κ3) is 12.9. The third-order valence-electron chi connectivity index (χ3n) is 10.1. The van der Waals surface area contributed by atoms with Crippen molar-refractivity contribution in [3.63, 3.8) is 0 Å². The summed E-state index contributed by atoms with van der Waals surface area (Å²) in [5.41, 5.74) is 2.76. The van der Waals surface area contributed by atoms with Gasteiger partial charge >= 0.3 is 0 Å². The highest BCUT2D eigenvalue weighted by Crippen LogP contribution is 2.36. The van der Waals surface area contributed by atoms with Crippen molar-refractivity contribution in [3.8, 4) is 0 Å². The number of nitrogens with one attached hydrogen (secondary N) is 4. The fourth-order valence-corrected chi connectivity index (χ4v) is 7.16. The molecular weight excluding hydrogens is 788 g/mol. The number of anilines is 2. The Hall–Kier alpha value is -4.61. The molecule has 0 aliphatic carbocycles. The first kappa shape index (κ1) is 51.5. The lowest BCUT2D eigenvalue weighted by molar-refractivity contribution is -0.116. The van der Waals surface area contributed by atoms with Crippen LogP contribution in [0.5, 0.6) is 0 Å². The molecule has 2 aromatic rings. The fourth-order valence-electron chi connectivity index (χ4n) is 7.16. The molecule has 13 N–H and O–H groups in total. The summed E-state index contributed by atoms with van der Waals surface area (Å²) in [5.74, 6) is -2.78. The Morgan fingerprint density at radius 3 is 1.30 bits per heavy atom. The Kier molecular flexibility index (Phi) is 20.6. The number of hydrogen-bond donors (Lipinski definition) is 13. The summed E-state index contributed by atoms with van der Waals surface area (Å²) in [6.45, 7) is 6.38. The van der Waals surface area contributed by atoms with Gasteiger partial charge in [0.05, 0.1) is 81.4 Å². The zero-order chi connectivity index (χ0) is 45.6. The van der Waals surface area contributed by atoms with E-state index in [9.17, 15) is 69.9 Å². The van der Waals surface area contributed by atoms with Crippen LogP contribution in [0, 0.1) is 41.5 Å². The van der Waals surface area contributed by atoms with Gasteiger partial charge in [0.1, 0.15) is 0 Å². The number of carbonyl (C=O) groups excluding carboxylic acids is 5. The van der Waals surface area contributed by atoms with E-state index in [0.29, 0.717) is 28.7 Å². The summed E-state index contributed by atoms with van der Waals surface area (Å²) in [6, 6.07) is 0. The summed E-state index contributed by atoms with van der Waals surface area (Å²) in [7, 11) is 0. The molecule has 0 saturated carbocycles. The number of nitrogens with zero attached hydrogens (tertiary/aromatic N) is 2. The molecule has 0 heterocycles. The van der Waals surface area contributed by atoms with Crippen molar-refractivity contribution in [1.29, 1.82) is 0 Å². The van der Waals surface area contributed by atoms with E-state index >= 15 is 0 Å². The molecule has 0 aliphatic heterocycles. The van der Waals surface area contributed by atoms with Gasteiger partial charge in [0.25, 0.3) is 17.7 Å². The number of benzene rings is 2. The summed E-state index contributed by atoms with van der Waals surface area (Å²) in [5, 5.41) is 99.0. The molecule has 0 aromatic heterocycles. The van der Waals surface area contributed by atoms with Crippen molar-refractivity contribution in [2.45, 2.75) is 85.5 Å². The highest BCUT2D eigenvalue weighted by atomic mass is 16.3. The quantitative estimate of drug-likeness (QED) is 0.0458. The smallest absolute Gasteiger partial charge is 0.252 e. The van der Waals surface area contributed by atoms with E-state index in [-0.39, 0.29) is 77.5 Å². The Labute approximate surface area is 348 Å². The second-order valence-corrected chi connectivity index (χ2v) is 14.7. The highest BCUT2D eigenvalue weighted by Gasteiger charge is 2.32. The lowest BCUT2D eigenvalue weighted by Crippen LogP contribution is -2.44. The van der Waals surface area contributed by atoms with Gasteiger partial charge in [-0.2, -0.15) is 0 Å². The summed E-state index contributed by atoms with van der Waals surface area (Å²) in [6.07, 6.45) is -6.01. The van der Waals surface area contributed by atoms with Crippen molar-refractivity contribution in [2.24, 2.45) is 0 Å². The van der Waals surface area contributed by atoms with Crippen LogP contribution in [0.25, 0.3) is 0 Å². The van der Waals surface area contributed by atoms with Gasteiger partial charge in [0.2, 0.25) is 12.3 Å². The molecule has 5 unspecified atom stereocenters. The number of rotatable bonds is 24. The maximum absolute atomic E-state index is 13.6. The zero-order valence-corrected chi connectivity index (χ0v) is 35.2. The van der Waals surface area contributed by atoms with Crippen molar-refractivity contribution in [2.75, 3.05) is 75.5 Å². The molecule has 0 spiro atoms. The molecule has 60 heavy (non-hydrogen) atoms. The monoisotopic (exact) mass is 850 g/mol. The largest absolute Gasteiger partial charge is 0.394 e. The molecule has 2 aromatic carbocycles. The van der Waals surface area contributed by atoms with Gasteiger partial charge in [0.15, 0.2) is 0 Å². The zero-order valence-electron chi connectivity index (χ0n) is 35.2. The second-order valence-electron chi connectivity index (χ2n) is 14.7. The minimum Gasteiger partial charge on any atom is -0.394 e. The van der Waals surface area contributed by atoms with Gasteiger partial charge in [-0.1, -0.05) is 0 Å². The van der Waals surface area contributed by atoms with Crippen LogP contribution in [0.2, 0.25) is 0 Å². The topological polar surface area (TPSA) is 322 Å². The van der Waals surface area contributed by atoms with Crippen LogP contribution in [0.4, 0.5) is 11.4 Å². The van der Waals surface area contributed by atoms with E-state index in [2.05, 4.69) is 21.3 Å². The Balaban J connectivity index is 2.75. The number of amides is 5. The van der Waals surface area contributed by atoms with Gasteiger partial charge < -0.3 is 77.0 Å². The van der Waals surface area contributed by atoms with Crippen LogP contribution >= 0.6 is 0 Å². The molecule has 0 bridgehead atoms. The SMILES string of the molecule is CC(=O)N(CC(O)CN(C=O)c1c(C)c(CNCC(O)CO)c(C)c(C(=O)NCC(O)CO)c1C)c1c(C)c(C(=O)NCC(O)CO)c(C)c(C(=O)NCC(O)CO)c1C. The molecule has 5 atom stereocenters. The highest BCUT2D eigenvalue weighted by molar-refractivity contribution is 6.08. The molecule has 20 heteroatoms. The van der Waals surface area contributed by atoms with Crippen LogP contribution in [-0.2, 0) is 16.1 Å². The van der Waals surface area contributed by atoms with Gasteiger partial charge in [-0.25, -0.2) is 0 Å². The third-order valence-corrected chi connectivity index (χ3v) is 10.1. The Morgan fingerprint density at radius 2 is 0.917 bits per heavy atom. The van der Waals surface area contributed by atoms with Crippen LogP contribution < -0.4 is 31.1 Å². The van der Waals surface area contributed by atoms with Crippen LogP contribution in [0.3, 0.4) is 0 Å². The predicted molar refractivity (Wildman–Crippen MR) is 220 cm³/mol. The molecule has 0 radical (unpaired) electrons. The lowest BCUT2D eigenvalue weighted by Gasteiger charge is -2.33. The first-order chi connectivity index (χ1) is 28.2. The average Bonchev–Trinajstić information content (AvgIpc) is 3.20. The van der Waals surface area contributed by atoms with Crippen molar-refractivity contribution in [1.82, 2.24) is 21.3 Å².